The highest BCUT2D eigenvalue weighted by molar-refractivity contribution is 7.10. The van der Waals surface area contributed by atoms with Gasteiger partial charge in [-0.15, -0.1) is 0 Å². The summed E-state index contributed by atoms with van der Waals surface area (Å²) in [5.74, 6) is -0.0211. The number of nitrogens with one attached hydrogen (secondary N) is 2. The van der Waals surface area contributed by atoms with Crippen LogP contribution in [0.15, 0.2) is 30.3 Å². The fourth-order valence-electron chi connectivity index (χ4n) is 3.00. The normalized spacial score (nSPS) is 18.1. The molecule has 2 heterocycles. The summed E-state index contributed by atoms with van der Waals surface area (Å²) < 4.78 is 4.26. The Kier molecular flexibility index (Phi) is 4.93. The molecular weight excluding hydrogens is 308 g/mol. The van der Waals surface area contributed by atoms with E-state index >= 15 is 0 Å². The molecule has 0 bridgehead atoms. The van der Waals surface area contributed by atoms with E-state index < -0.39 is 0 Å². The van der Waals surface area contributed by atoms with E-state index in [0.717, 1.165) is 36.8 Å². The van der Waals surface area contributed by atoms with Crippen LogP contribution < -0.4 is 10.6 Å². The molecule has 1 aromatic carbocycles. The fourth-order valence-corrected chi connectivity index (χ4v) is 3.74. The Morgan fingerprint density at radius 2 is 2.17 bits per heavy atom. The molecule has 0 saturated carbocycles. The predicted molar refractivity (Wildman–Crippen MR) is 94.0 cm³/mol. The lowest BCUT2D eigenvalue weighted by atomic mass is 10.2. The number of amides is 1. The molecular formula is C17H22N4OS. The van der Waals surface area contributed by atoms with Crippen LogP contribution in [-0.2, 0) is 6.54 Å². The molecule has 2 aromatic rings. The van der Waals surface area contributed by atoms with E-state index in [4.69, 9.17) is 0 Å². The molecule has 6 heteroatoms. The molecule has 23 heavy (non-hydrogen) atoms. The van der Waals surface area contributed by atoms with E-state index in [1.165, 1.54) is 17.1 Å². The second kappa shape index (κ2) is 7.10. The van der Waals surface area contributed by atoms with Gasteiger partial charge in [0.05, 0.1) is 11.3 Å². The van der Waals surface area contributed by atoms with Crippen LogP contribution in [0.1, 0.15) is 28.0 Å². The maximum atomic E-state index is 12.5. The van der Waals surface area contributed by atoms with Crippen molar-refractivity contribution in [2.75, 3.05) is 25.5 Å². The zero-order valence-electron chi connectivity index (χ0n) is 13.5. The Labute approximate surface area is 140 Å². The van der Waals surface area contributed by atoms with E-state index in [-0.39, 0.29) is 11.9 Å². The van der Waals surface area contributed by atoms with Gasteiger partial charge in [0.15, 0.2) is 0 Å². The van der Waals surface area contributed by atoms with Crippen molar-refractivity contribution in [1.82, 2.24) is 14.6 Å². The monoisotopic (exact) mass is 330 g/mol. The third-order valence-electron chi connectivity index (χ3n) is 4.17. The van der Waals surface area contributed by atoms with Gasteiger partial charge in [0.1, 0.15) is 5.00 Å². The molecule has 0 radical (unpaired) electrons. The van der Waals surface area contributed by atoms with Crippen molar-refractivity contribution in [2.24, 2.45) is 0 Å². The first-order valence-corrected chi connectivity index (χ1v) is 8.66. The molecule has 1 fully saturated rings. The Morgan fingerprint density at radius 1 is 1.39 bits per heavy atom. The third-order valence-corrected chi connectivity index (χ3v) is 5.13. The standard InChI is InChI=1S/C17H22N4OS/c1-12-15(17(18-2)23-20-12)16(22)19-14-8-9-21(11-14)10-13-6-4-3-5-7-13/h3-7,14,18H,8-11H2,1-2H3,(H,19,22)/t14-/m0/s1. The highest BCUT2D eigenvalue weighted by atomic mass is 32.1. The number of carbonyl (C=O) groups excluding carboxylic acids is 1. The molecule has 2 N–H and O–H groups in total. The first kappa shape index (κ1) is 16.0. The van der Waals surface area contributed by atoms with Gasteiger partial charge in [0.2, 0.25) is 0 Å². The smallest absolute Gasteiger partial charge is 0.256 e. The van der Waals surface area contributed by atoms with Gasteiger partial charge < -0.3 is 10.6 Å². The minimum atomic E-state index is -0.0211. The number of hydrogen-bond acceptors (Lipinski definition) is 5. The van der Waals surface area contributed by atoms with Crippen molar-refractivity contribution in [3.05, 3.63) is 47.2 Å². The summed E-state index contributed by atoms with van der Waals surface area (Å²) in [6, 6.07) is 10.7. The molecule has 0 unspecified atom stereocenters. The maximum absolute atomic E-state index is 12.5. The number of rotatable bonds is 5. The largest absolute Gasteiger partial charge is 0.378 e. The summed E-state index contributed by atoms with van der Waals surface area (Å²) >= 11 is 1.33. The first-order chi connectivity index (χ1) is 11.2. The summed E-state index contributed by atoms with van der Waals surface area (Å²) in [5.41, 5.74) is 2.78. The van der Waals surface area contributed by atoms with Crippen molar-refractivity contribution in [3.63, 3.8) is 0 Å². The van der Waals surface area contributed by atoms with Crippen LogP contribution in [0.5, 0.6) is 0 Å². The van der Waals surface area contributed by atoms with Gasteiger partial charge in [-0.05, 0) is 30.4 Å². The van der Waals surface area contributed by atoms with E-state index in [9.17, 15) is 4.79 Å². The van der Waals surface area contributed by atoms with Crippen LogP contribution in [0.3, 0.4) is 0 Å². The number of carbonyl (C=O) groups is 1. The fraction of sp³-hybridized carbons (Fsp3) is 0.412. The number of benzene rings is 1. The lowest BCUT2D eigenvalue weighted by Crippen LogP contribution is -2.37. The number of likely N-dealkylation sites (tertiary alicyclic amines) is 1. The summed E-state index contributed by atoms with van der Waals surface area (Å²) in [6.45, 7) is 4.72. The SMILES string of the molecule is CNc1snc(C)c1C(=O)N[C@H]1CCN(Cc2ccccc2)C1. The van der Waals surface area contributed by atoms with Gasteiger partial charge in [-0.1, -0.05) is 30.3 Å². The summed E-state index contributed by atoms with van der Waals surface area (Å²) in [5, 5.41) is 7.04. The van der Waals surface area contributed by atoms with Crippen molar-refractivity contribution in [3.8, 4) is 0 Å². The van der Waals surface area contributed by atoms with Crippen LogP contribution in [0, 0.1) is 6.92 Å². The van der Waals surface area contributed by atoms with E-state index in [1.54, 1.807) is 0 Å². The van der Waals surface area contributed by atoms with Crippen LogP contribution in [0.2, 0.25) is 0 Å². The van der Waals surface area contributed by atoms with Crippen molar-refractivity contribution >= 4 is 22.4 Å². The van der Waals surface area contributed by atoms with Gasteiger partial charge in [-0.25, -0.2) is 0 Å². The molecule has 3 rings (SSSR count). The van der Waals surface area contributed by atoms with Crippen molar-refractivity contribution < 1.29 is 4.79 Å². The van der Waals surface area contributed by atoms with Gasteiger partial charge in [0, 0.05) is 32.7 Å². The molecule has 1 aromatic heterocycles. The Hall–Kier alpha value is -1.92. The molecule has 5 nitrogen and oxygen atoms in total. The summed E-state index contributed by atoms with van der Waals surface area (Å²) in [4.78, 5) is 14.9. The minimum absolute atomic E-state index is 0.0211. The van der Waals surface area contributed by atoms with E-state index in [2.05, 4.69) is 44.2 Å². The lowest BCUT2D eigenvalue weighted by Gasteiger charge is -2.17. The number of aryl methyl sites for hydroxylation is 1. The molecule has 1 atom stereocenters. The summed E-state index contributed by atoms with van der Waals surface area (Å²) in [7, 11) is 1.82. The molecule has 0 spiro atoms. The number of anilines is 1. The zero-order chi connectivity index (χ0) is 16.2. The highest BCUT2D eigenvalue weighted by Crippen LogP contribution is 2.24. The topological polar surface area (TPSA) is 57.3 Å². The quantitative estimate of drug-likeness (QED) is 0.884. The van der Waals surface area contributed by atoms with E-state index in [0.29, 0.717) is 5.56 Å². The second-order valence-corrected chi connectivity index (χ2v) is 6.68. The van der Waals surface area contributed by atoms with Gasteiger partial charge in [0.25, 0.3) is 5.91 Å². The zero-order valence-corrected chi connectivity index (χ0v) is 14.3. The average molecular weight is 330 g/mol. The number of nitrogens with zero attached hydrogens (tertiary/aromatic N) is 2. The van der Waals surface area contributed by atoms with Crippen LogP contribution in [-0.4, -0.2) is 41.4 Å². The molecule has 1 aliphatic rings. The lowest BCUT2D eigenvalue weighted by molar-refractivity contribution is 0.0938. The van der Waals surface area contributed by atoms with Crippen molar-refractivity contribution in [1.29, 1.82) is 0 Å². The predicted octanol–water partition coefficient (Wildman–Crippen LogP) is 2.50. The maximum Gasteiger partial charge on any atom is 0.256 e. The molecule has 0 aliphatic carbocycles. The molecule has 1 amide bonds. The van der Waals surface area contributed by atoms with Crippen LogP contribution in [0.4, 0.5) is 5.00 Å². The number of aromatic nitrogens is 1. The van der Waals surface area contributed by atoms with Gasteiger partial charge >= 0.3 is 0 Å². The molecule has 1 aliphatic heterocycles. The Balaban J connectivity index is 1.57. The van der Waals surface area contributed by atoms with Crippen LogP contribution in [0.25, 0.3) is 0 Å². The molecule has 122 valence electrons. The van der Waals surface area contributed by atoms with Gasteiger partial charge in [-0.2, -0.15) is 4.37 Å². The average Bonchev–Trinajstić information content (AvgIpc) is 3.14. The van der Waals surface area contributed by atoms with E-state index in [1.807, 2.05) is 20.0 Å². The Bertz CT molecular complexity index is 670. The van der Waals surface area contributed by atoms with Crippen LogP contribution >= 0.6 is 11.5 Å². The third kappa shape index (κ3) is 3.71. The second-order valence-electron chi connectivity index (χ2n) is 5.90. The van der Waals surface area contributed by atoms with Crippen molar-refractivity contribution in [2.45, 2.75) is 25.9 Å². The Morgan fingerprint density at radius 3 is 2.91 bits per heavy atom. The summed E-state index contributed by atoms with van der Waals surface area (Å²) in [6.07, 6.45) is 0.990. The minimum Gasteiger partial charge on any atom is -0.378 e. The molecule has 1 saturated heterocycles. The first-order valence-electron chi connectivity index (χ1n) is 7.88. The highest BCUT2D eigenvalue weighted by Gasteiger charge is 2.26. The number of hydrogen-bond donors (Lipinski definition) is 2. The van der Waals surface area contributed by atoms with Gasteiger partial charge in [-0.3, -0.25) is 9.69 Å².